The van der Waals surface area contributed by atoms with E-state index in [0.29, 0.717) is 12.0 Å². The normalized spacial score (nSPS) is 16.4. The Morgan fingerprint density at radius 2 is 2.14 bits per heavy atom. The maximum absolute atomic E-state index is 11.4. The number of para-hydroxylation sites is 1. The van der Waals surface area contributed by atoms with Gasteiger partial charge in [-0.3, -0.25) is 9.59 Å². The quantitative estimate of drug-likeness (QED) is 0.413. The van der Waals surface area contributed by atoms with E-state index in [1.807, 2.05) is 0 Å². The number of nitrogens with two attached hydrogens (primary N) is 1. The SMILES string of the molecule is NC(=O)CC(=O)NC[C@H]1Cc2cccc(C(=O)O)c2OB1O. The lowest BCUT2D eigenvalue weighted by Gasteiger charge is -2.28. The number of nitrogens with one attached hydrogen (secondary N) is 1. The summed E-state index contributed by atoms with van der Waals surface area (Å²) < 4.78 is 5.28. The standard InChI is InChI=1S/C13H15BN2O6/c15-10(17)5-11(18)16-6-8-4-7-2-1-3-9(13(19)20)12(7)22-14(8)21/h1-3,8,21H,4-6H2,(H2,15,17)(H,16,18)(H,19,20)/t8-/m1/s1. The molecule has 0 spiro atoms. The van der Waals surface area contributed by atoms with Crippen LogP contribution in [-0.4, -0.2) is 41.6 Å². The van der Waals surface area contributed by atoms with Crippen LogP contribution in [0.15, 0.2) is 18.2 Å². The molecule has 1 heterocycles. The zero-order valence-corrected chi connectivity index (χ0v) is 11.6. The van der Waals surface area contributed by atoms with Gasteiger partial charge in [0.15, 0.2) is 0 Å². The zero-order valence-electron chi connectivity index (χ0n) is 11.6. The molecule has 1 aromatic carbocycles. The summed E-state index contributed by atoms with van der Waals surface area (Å²) in [5.41, 5.74) is 5.53. The lowest BCUT2D eigenvalue weighted by atomic mass is 9.66. The predicted molar refractivity (Wildman–Crippen MR) is 76.3 cm³/mol. The van der Waals surface area contributed by atoms with E-state index < -0.39 is 37.1 Å². The molecule has 1 aliphatic heterocycles. The Balaban J connectivity index is 2.06. The number of rotatable bonds is 5. The van der Waals surface area contributed by atoms with Crippen LogP contribution < -0.4 is 15.7 Å². The van der Waals surface area contributed by atoms with Crippen molar-refractivity contribution in [3.8, 4) is 5.75 Å². The van der Waals surface area contributed by atoms with Crippen LogP contribution in [0.25, 0.3) is 0 Å². The van der Waals surface area contributed by atoms with Gasteiger partial charge in [-0.2, -0.15) is 0 Å². The molecular formula is C13H15BN2O6. The molecule has 2 amide bonds. The van der Waals surface area contributed by atoms with Gasteiger partial charge < -0.3 is 25.8 Å². The van der Waals surface area contributed by atoms with Crippen LogP contribution in [-0.2, 0) is 16.0 Å². The van der Waals surface area contributed by atoms with Gasteiger partial charge in [-0.25, -0.2) is 4.79 Å². The number of carbonyl (C=O) groups is 3. The highest BCUT2D eigenvalue weighted by molar-refractivity contribution is 6.46. The molecule has 8 nitrogen and oxygen atoms in total. The molecule has 5 N–H and O–H groups in total. The van der Waals surface area contributed by atoms with Gasteiger partial charge in [0.25, 0.3) is 0 Å². The maximum Gasteiger partial charge on any atom is 0.528 e. The molecular weight excluding hydrogens is 291 g/mol. The number of hydrogen-bond acceptors (Lipinski definition) is 5. The highest BCUT2D eigenvalue weighted by Crippen LogP contribution is 2.34. The van der Waals surface area contributed by atoms with Crippen molar-refractivity contribution in [2.75, 3.05) is 6.54 Å². The van der Waals surface area contributed by atoms with Crippen molar-refractivity contribution < 1.29 is 29.2 Å². The Labute approximate surface area is 126 Å². The molecule has 1 atom stereocenters. The molecule has 0 fully saturated rings. The minimum absolute atomic E-state index is 0.0206. The largest absolute Gasteiger partial charge is 0.535 e. The average Bonchev–Trinajstić information content (AvgIpc) is 2.43. The molecule has 0 radical (unpaired) electrons. The molecule has 22 heavy (non-hydrogen) atoms. The van der Waals surface area contributed by atoms with Crippen molar-refractivity contribution in [3.63, 3.8) is 0 Å². The summed E-state index contributed by atoms with van der Waals surface area (Å²) in [5.74, 6) is -2.73. The number of fused-ring (bicyclic) bond motifs is 1. The Kier molecular flexibility index (Phi) is 4.67. The van der Waals surface area contributed by atoms with Crippen molar-refractivity contribution in [2.24, 2.45) is 5.73 Å². The molecule has 0 aromatic heterocycles. The molecule has 0 bridgehead atoms. The summed E-state index contributed by atoms with van der Waals surface area (Å²) in [6.07, 6.45) is -0.0854. The molecule has 1 aliphatic rings. The van der Waals surface area contributed by atoms with Gasteiger partial charge in [0.05, 0.1) is 5.56 Å². The summed E-state index contributed by atoms with van der Waals surface area (Å²) in [6.45, 7) is 0.0873. The van der Waals surface area contributed by atoms with Gasteiger partial charge in [-0.05, 0) is 18.1 Å². The number of carbonyl (C=O) groups excluding carboxylic acids is 2. The number of hydrogen-bond donors (Lipinski definition) is 4. The summed E-state index contributed by atoms with van der Waals surface area (Å²) in [7, 11) is -1.25. The van der Waals surface area contributed by atoms with E-state index in [9.17, 15) is 19.4 Å². The number of benzene rings is 1. The Hall–Kier alpha value is -2.55. The summed E-state index contributed by atoms with van der Waals surface area (Å²) in [6, 6.07) is 4.68. The average molecular weight is 306 g/mol. The van der Waals surface area contributed by atoms with E-state index in [4.69, 9.17) is 15.5 Å². The van der Waals surface area contributed by atoms with E-state index in [-0.39, 0.29) is 17.9 Å². The summed E-state index contributed by atoms with van der Waals surface area (Å²) >= 11 is 0. The number of carboxylic acid groups (broad SMARTS) is 1. The topological polar surface area (TPSA) is 139 Å². The lowest BCUT2D eigenvalue weighted by molar-refractivity contribution is -0.127. The lowest BCUT2D eigenvalue weighted by Crippen LogP contribution is -2.41. The molecule has 2 rings (SSSR count). The first kappa shape index (κ1) is 15.8. The molecule has 1 aromatic rings. The highest BCUT2D eigenvalue weighted by Gasteiger charge is 2.36. The number of aromatic carboxylic acids is 1. The minimum atomic E-state index is -1.25. The summed E-state index contributed by atoms with van der Waals surface area (Å²) in [5, 5.41) is 21.5. The maximum atomic E-state index is 11.4. The van der Waals surface area contributed by atoms with Crippen molar-refractivity contribution in [1.82, 2.24) is 5.32 Å². The Morgan fingerprint density at radius 3 is 2.77 bits per heavy atom. The predicted octanol–water partition coefficient (Wildman–Crippen LogP) is -0.838. The van der Waals surface area contributed by atoms with Crippen LogP contribution in [0.1, 0.15) is 22.3 Å². The summed E-state index contributed by atoms with van der Waals surface area (Å²) in [4.78, 5) is 33.1. The first-order valence-electron chi connectivity index (χ1n) is 6.63. The smallest absolute Gasteiger partial charge is 0.528 e. The van der Waals surface area contributed by atoms with Gasteiger partial charge in [-0.15, -0.1) is 0 Å². The molecule has 9 heteroatoms. The van der Waals surface area contributed by atoms with E-state index >= 15 is 0 Å². The van der Waals surface area contributed by atoms with Crippen molar-refractivity contribution in [3.05, 3.63) is 29.3 Å². The van der Waals surface area contributed by atoms with Crippen LogP contribution in [0.4, 0.5) is 0 Å². The van der Waals surface area contributed by atoms with Gasteiger partial charge in [-0.1, -0.05) is 12.1 Å². The van der Waals surface area contributed by atoms with Crippen LogP contribution in [0.5, 0.6) is 5.75 Å². The fraction of sp³-hybridized carbons (Fsp3) is 0.308. The van der Waals surface area contributed by atoms with Gasteiger partial charge in [0, 0.05) is 12.4 Å². The van der Waals surface area contributed by atoms with Crippen LogP contribution in [0, 0.1) is 0 Å². The van der Waals surface area contributed by atoms with Gasteiger partial charge in [0.1, 0.15) is 12.2 Å². The molecule has 116 valence electrons. The first-order chi connectivity index (χ1) is 10.4. The van der Waals surface area contributed by atoms with Crippen LogP contribution in [0.3, 0.4) is 0 Å². The molecule has 0 unspecified atom stereocenters. The number of carboxylic acids is 1. The third-order valence-corrected chi connectivity index (χ3v) is 3.35. The van der Waals surface area contributed by atoms with Crippen molar-refractivity contribution in [2.45, 2.75) is 18.7 Å². The third kappa shape index (κ3) is 3.56. The second-order valence-electron chi connectivity index (χ2n) is 5.02. The zero-order chi connectivity index (χ0) is 16.3. The molecule has 0 saturated heterocycles. The van der Waals surface area contributed by atoms with Crippen LogP contribution >= 0.6 is 0 Å². The van der Waals surface area contributed by atoms with E-state index in [1.165, 1.54) is 6.07 Å². The fourth-order valence-electron chi connectivity index (χ4n) is 2.29. The molecule has 0 saturated carbocycles. The minimum Gasteiger partial charge on any atom is -0.535 e. The number of amides is 2. The van der Waals surface area contributed by atoms with Gasteiger partial charge in [0.2, 0.25) is 11.8 Å². The fourth-order valence-corrected chi connectivity index (χ4v) is 2.29. The van der Waals surface area contributed by atoms with E-state index in [1.54, 1.807) is 12.1 Å². The molecule has 0 aliphatic carbocycles. The third-order valence-electron chi connectivity index (χ3n) is 3.35. The van der Waals surface area contributed by atoms with Gasteiger partial charge >= 0.3 is 13.1 Å². The number of primary amides is 1. The second kappa shape index (κ2) is 6.48. The van der Waals surface area contributed by atoms with Crippen molar-refractivity contribution in [1.29, 1.82) is 0 Å². The first-order valence-corrected chi connectivity index (χ1v) is 6.63. The van der Waals surface area contributed by atoms with E-state index in [2.05, 4.69) is 5.32 Å². The Bertz CT molecular complexity index is 621. The highest BCUT2D eigenvalue weighted by atomic mass is 16.5. The second-order valence-corrected chi connectivity index (χ2v) is 5.02. The monoisotopic (exact) mass is 306 g/mol. The van der Waals surface area contributed by atoms with Crippen LogP contribution in [0.2, 0.25) is 5.82 Å². The van der Waals surface area contributed by atoms with Crippen molar-refractivity contribution >= 4 is 24.9 Å². The van der Waals surface area contributed by atoms with E-state index in [0.717, 1.165) is 0 Å². The Morgan fingerprint density at radius 1 is 1.41 bits per heavy atom.